The molecule has 2 N–H and O–H groups in total. The molecule has 0 aliphatic carbocycles. The van der Waals surface area contributed by atoms with Crippen molar-refractivity contribution in [1.29, 1.82) is 0 Å². The van der Waals surface area contributed by atoms with Crippen LogP contribution in [0.2, 0.25) is 0 Å². The number of para-hydroxylation sites is 1. The zero-order valence-electron chi connectivity index (χ0n) is 10.6. The number of aliphatic hydroxyl groups is 1. The van der Waals surface area contributed by atoms with E-state index in [-0.39, 0.29) is 12.1 Å². The summed E-state index contributed by atoms with van der Waals surface area (Å²) in [5.41, 5.74) is 1.99. The lowest BCUT2D eigenvalue weighted by atomic mass is 9.85. The zero-order valence-corrected chi connectivity index (χ0v) is 10.6. The van der Waals surface area contributed by atoms with Crippen LogP contribution in [0.1, 0.15) is 18.9 Å². The maximum absolute atomic E-state index is 9.68. The normalized spacial score (nSPS) is 23.4. The quantitative estimate of drug-likeness (QED) is 0.840. The minimum absolute atomic E-state index is 0.120. The first kappa shape index (κ1) is 12.4. The lowest BCUT2D eigenvalue weighted by molar-refractivity contribution is 0.137. The number of ether oxygens (including phenoxy) is 1. The molecule has 1 aliphatic rings. The van der Waals surface area contributed by atoms with Gasteiger partial charge in [0, 0.05) is 18.2 Å². The molecular formula is C14H21NO2. The molecule has 1 aromatic rings. The summed E-state index contributed by atoms with van der Waals surface area (Å²) < 4.78 is 5.42. The molecule has 17 heavy (non-hydrogen) atoms. The van der Waals surface area contributed by atoms with Crippen LogP contribution in [0.25, 0.3) is 0 Å². The fraction of sp³-hybridized carbons (Fsp3) is 0.571. The van der Waals surface area contributed by atoms with Crippen molar-refractivity contribution < 1.29 is 9.84 Å². The van der Waals surface area contributed by atoms with E-state index >= 15 is 0 Å². The summed E-state index contributed by atoms with van der Waals surface area (Å²) in [7, 11) is 0. The zero-order chi connectivity index (χ0) is 12.3. The van der Waals surface area contributed by atoms with Gasteiger partial charge in [0.15, 0.2) is 0 Å². The van der Waals surface area contributed by atoms with E-state index in [0.717, 1.165) is 25.3 Å². The number of aryl methyl sites for hydroxylation is 1. The van der Waals surface area contributed by atoms with Crippen LogP contribution >= 0.6 is 0 Å². The Morgan fingerprint density at radius 3 is 2.82 bits per heavy atom. The van der Waals surface area contributed by atoms with E-state index in [1.54, 1.807) is 0 Å². The molecule has 0 radical (unpaired) electrons. The summed E-state index contributed by atoms with van der Waals surface area (Å²) >= 11 is 0. The number of aliphatic hydroxyl groups excluding tert-OH is 1. The van der Waals surface area contributed by atoms with E-state index in [1.165, 1.54) is 5.56 Å². The molecule has 1 fully saturated rings. The van der Waals surface area contributed by atoms with Crippen LogP contribution in [0.4, 0.5) is 5.69 Å². The second kappa shape index (κ2) is 5.07. The average molecular weight is 235 g/mol. The maximum atomic E-state index is 9.68. The van der Waals surface area contributed by atoms with Crippen LogP contribution in [0.5, 0.6) is 0 Å². The van der Waals surface area contributed by atoms with E-state index < -0.39 is 0 Å². The van der Waals surface area contributed by atoms with Gasteiger partial charge in [-0.2, -0.15) is 0 Å². The van der Waals surface area contributed by atoms with Gasteiger partial charge in [-0.3, -0.25) is 0 Å². The predicted octanol–water partition coefficient (Wildman–Crippen LogP) is 2.19. The summed E-state index contributed by atoms with van der Waals surface area (Å²) in [5.74, 6) is 0.368. The van der Waals surface area contributed by atoms with E-state index in [4.69, 9.17) is 4.74 Å². The molecule has 3 nitrogen and oxygen atoms in total. The van der Waals surface area contributed by atoms with E-state index in [0.29, 0.717) is 5.92 Å². The standard InChI is InChI=1S/C14H21NO2/c1-11-5-3-4-6-13(11)15-14(2,10-16)12-7-8-17-9-12/h3-6,12,15-16H,7-10H2,1-2H3. The molecule has 94 valence electrons. The Morgan fingerprint density at radius 2 is 2.24 bits per heavy atom. The molecule has 2 unspecified atom stereocenters. The van der Waals surface area contributed by atoms with Gasteiger partial charge in [-0.05, 0) is 31.9 Å². The Kier molecular flexibility index (Phi) is 3.69. The highest BCUT2D eigenvalue weighted by Crippen LogP contribution is 2.30. The molecule has 1 aliphatic heterocycles. The van der Waals surface area contributed by atoms with Gasteiger partial charge in [0.1, 0.15) is 0 Å². The Hall–Kier alpha value is -1.06. The second-order valence-electron chi connectivity index (χ2n) is 5.08. The molecular weight excluding hydrogens is 214 g/mol. The Labute approximate surface area is 103 Å². The van der Waals surface area contributed by atoms with Gasteiger partial charge in [-0.25, -0.2) is 0 Å². The van der Waals surface area contributed by atoms with Gasteiger partial charge < -0.3 is 15.2 Å². The highest BCUT2D eigenvalue weighted by molar-refractivity contribution is 5.52. The monoisotopic (exact) mass is 235 g/mol. The fourth-order valence-corrected chi connectivity index (χ4v) is 2.33. The fourth-order valence-electron chi connectivity index (χ4n) is 2.33. The first-order valence-electron chi connectivity index (χ1n) is 6.18. The van der Waals surface area contributed by atoms with Gasteiger partial charge >= 0.3 is 0 Å². The summed E-state index contributed by atoms with van der Waals surface area (Å²) in [5, 5.41) is 13.2. The van der Waals surface area contributed by atoms with Gasteiger partial charge in [-0.1, -0.05) is 18.2 Å². The first-order chi connectivity index (χ1) is 8.15. The lowest BCUT2D eigenvalue weighted by Crippen LogP contribution is -2.46. The van der Waals surface area contributed by atoms with Gasteiger partial charge in [-0.15, -0.1) is 0 Å². The average Bonchev–Trinajstić information content (AvgIpc) is 2.86. The van der Waals surface area contributed by atoms with Crippen LogP contribution < -0.4 is 5.32 Å². The van der Waals surface area contributed by atoms with Crippen LogP contribution in [0.3, 0.4) is 0 Å². The SMILES string of the molecule is Cc1ccccc1NC(C)(CO)C1CCOC1. The smallest absolute Gasteiger partial charge is 0.0662 e. The minimum Gasteiger partial charge on any atom is -0.394 e. The Morgan fingerprint density at radius 1 is 1.47 bits per heavy atom. The summed E-state index contributed by atoms with van der Waals surface area (Å²) in [4.78, 5) is 0. The van der Waals surface area contributed by atoms with Crippen molar-refractivity contribution in [3.05, 3.63) is 29.8 Å². The van der Waals surface area contributed by atoms with Crippen LogP contribution in [-0.2, 0) is 4.74 Å². The third kappa shape index (κ3) is 2.61. The first-order valence-corrected chi connectivity index (χ1v) is 6.18. The summed E-state index contributed by atoms with van der Waals surface area (Å²) in [6, 6.07) is 8.16. The number of benzene rings is 1. The van der Waals surface area contributed by atoms with E-state index in [2.05, 4.69) is 31.3 Å². The van der Waals surface area contributed by atoms with Crippen molar-refractivity contribution in [2.45, 2.75) is 25.8 Å². The molecule has 2 rings (SSSR count). The molecule has 0 spiro atoms. The molecule has 0 aromatic heterocycles. The highest BCUT2D eigenvalue weighted by Gasteiger charge is 2.36. The number of hydrogen-bond acceptors (Lipinski definition) is 3. The van der Waals surface area contributed by atoms with Crippen LogP contribution in [0, 0.1) is 12.8 Å². The van der Waals surface area contributed by atoms with Crippen LogP contribution in [0.15, 0.2) is 24.3 Å². The van der Waals surface area contributed by atoms with Crippen molar-refractivity contribution in [3.8, 4) is 0 Å². The Balaban J connectivity index is 2.16. The Bertz CT molecular complexity index is 374. The van der Waals surface area contributed by atoms with E-state index in [1.807, 2.05) is 12.1 Å². The second-order valence-corrected chi connectivity index (χ2v) is 5.08. The molecule has 0 bridgehead atoms. The highest BCUT2D eigenvalue weighted by atomic mass is 16.5. The van der Waals surface area contributed by atoms with Crippen molar-refractivity contribution >= 4 is 5.69 Å². The van der Waals surface area contributed by atoms with E-state index in [9.17, 15) is 5.11 Å². The molecule has 1 saturated heterocycles. The lowest BCUT2D eigenvalue weighted by Gasteiger charge is -2.35. The van der Waals surface area contributed by atoms with Crippen LogP contribution in [-0.4, -0.2) is 30.5 Å². The topological polar surface area (TPSA) is 41.5 Å². The van der Waals surface area contributed by atoms with Gasteiger partial charge in [0.05, 0.1) is 18.8 Å². The third-order valence-corrected chi connectivity index (χ3v) is 3.72. The van der Waals surface area contributed by atoms with Gasteiger partial charge in [0.2, 0.25) is 0 Å². The van der Waals surface area contributed by atoms with Crippen molar-refractivity contribution in [2.24, 2.45) is 5.92 Å². The number of nitrogens with one attached hydrogen (secondary N) is 1. The third-order valence-electron chi connectivity index (χ3n) is 3.72. The minimum atomic E-state index is -0.303. The molecule has 3 heteroatoms. The van der Waals surface area contributed by atoms with Crippen molar-refractivity contribution in [3.63, 3.8) is 0 Å². The summed E-state index contributed by atoms with van der Waals surface area (Å²) in [6.07, 6.45) is 1.01. The van der Waals surface area contributed by atoms with Gasteiger partial charge in [0.25, 0.3) is 0 Å². The number of rotatable bonds is 4. The number of anilines is 1. The predicted molar refractivity (Wildman–Crippen MR) is 69.2 cm³/mol. The molecule has 1 heterocycles. The van der Waals surface area contributed by atoms with Crippen molar-refractivity contribution in [2.75, 3.05) is 25.1 Å². The summed E-state index contributed by atoms with van der Waals surface area (Å²) in [6.45, 7) is 5.80. The number of hydrogen-bond donors (Lipinski definition) is 2. The molecule has 0 amide bonds. The molecule has 1 aromatic carbocycles. The largest absolute Gasteiger partial charge is 0.394 e. The molecule has 2 atom stereocenters. The maximum Gasteiger partial charge on any atom is 0.0662 e. The van der Waals surface area contributed by atoms with Crippen molar-refractivity contribution in [1.82, 2.24) is 0 Å². The molecule has 0 saturated carbocycles.